The molecule has 4 heteroatoms. The van der Waals surface area contributed by atoms with Gasteiger partial charge >= 0.3 is 57.4 Å². The van der Waals surface area contributed by atoms with Gasteiger partial charge in [0.25, 0.3) is 0 Å². The number of carboxylic acid groups (broad SMARTS) is 1. The Bertz CT molecular complexity index is 259. The van der Waals surface area contributed by atoms with E-state index in [1.54, 1.807) is 7.11 Å². The molecule has 0 atom stereocenters. The fourth-order valence-electron chi connectivity index (χ4n) is 0.508. The average Bonchev–Trinajstić information content (AvgIpc) is 2.20. The molecule has 0 unspecified atom stereocenters. The topological polar surface area (TPSA) is 46.5 Å². The molecular formula is C10H11KO3. The first-order valence-corrected chi connectivity index (χ1v) is 3.56. The summed E-state index contributed by atoms with van der Waals surface area (Å²) in [7, 11) is 1.65. The van der Waals surface area contributed by atoms with Gasteiger partial charge in [-0.3, -0.25) is 0 Å². The van der Waals surface area contributed by atoms with Gasteiger partial charge < -0.3 is 9.84 Å². The van der Waals surface area contributed by atoms with Crippen molar-refractivity contribution in [1.82, 2.24) is 0 Å². The molecule has 0 heterocycles. The Morgan fingerprint density at radius 1 is 1.57 bits per heavy atom. The van der Waals surface area contributed by atoms with Crippen molar-refractivity contribution < 1.29 is 66.0 Å². The number of carboxylic acids is 1. The molecule has 1 aromatic carbocycles. The number of ether oxygens (including phenoxy) is 1. The van der Waals surface area contributed by atoms with Crippen LogP contribution in [0.1, 0.15) is 0 Å². The Morgan fingerprint density at radius 3 is 2.21 bits per heavy atom. The van der Waals surface area contributed by atoms with E-state index in [4.69, 9.17) is 9.84 Å². The van der Waals surface area contributed by atoms with Crippen LogP contribution in [0.5, 0.6) is 5.75 Å². The summed E-state index contributed by atoms with van der Waals surface area (Å²) in [5.41, 5.74) is 0. The molecule has 0 aliphatic carbocycles. The van der Waals surface area contributed by atoms with E-state index in [-0.39, 0.29) is 51.4 Å². The molecule has 1 N–H and O–H groups in total. The molecule has 0 aromatic heterocycles. The maximum atomic E-state index is 9.25. The van der Waals surface area contributed by atoms with Crippen LogP contribution in [0.15, 0.2) is 36.9 Å². The first-order chi connectivity index (χ1) is 6.20. The summed E-state index contributed by atoms with van der Waals surface area (Å²) in [5, 5.41) is 7.60. The third kappa shape index (κ3) is 9.95. The van der Waals surface area contributed by atoms with Crippen molar-refractivity contribution >= 4 is 5.97 Å². The van der Waals surface area contributed by atoms with Crippen LogP contribution in [-0.4, -0.2) is 18.2 Å². The second-order valence-electron chi connectivity index (χ2n) is 1.98. The van der Waals surface area contributed by atoms with Crippen LogP contribution >= 0.6 is 0 Å². The van der Waals surface area contributed by atoms with Gasteiger partial charge in [0.15, 0.2) is 0 Å². The molecule has 1 rings (SSSR count). The summed E-state index contributed by atoms with van der Waals surface area (Å²) >= 11 is 0. The second-order valence-corrected chi connectivity index (χ2v) is 1.98. The molecule has 0 saturated carbocycles. The fourth-order valence-corrected chi connectivity index (χ4v) is 0.508. The van der Waals surface area contributed by atoms with Crippen molar-refractivity contribution in [2.45, 2.75) is 0 Å². The van der Waals surface area contributed by atoms with E-state index >= 15 is 0 Å². The molecular weight excluding hydrogens is 207 g/mol. The zero-order valence-electron chi connectivity index (χ0n) is 8.36. The molecule has 3 nitrogen and oxygen atoms in total. The van der Waals surface area contributed by atoms with Gasteiger partial charge in [-0.2, -0.15) is 18.2 Å². The zero-order valence-corrected chi connectivity index (χ0v) is 11.5. The monoisotopic (exact) mass is 218 g/mol. The van der Waals surface area contributed by atoms with E-state index in [1.807, 2.05) is 24.3 Å². The van der Waals surface area contributed by atoms with Crippen molar-refractivity contribution in [3.63, 3.8) is 0 Å². The van der Waals surface area contributed by atoms with E-state index < -0.39 is 5.97 Å². The van der Waals surface area contributed by atoms with Crippen LogP contribution < -0.4 is 56.1 Å². The second kappa shape index (κ2) is 10.9. The van der Waals surface area contributed by atoms with Crippen LogP contribution in [0.4, 0.5) is 0 Å². The zero-order chi connectivity index (χ0) is 10.1. The molecule has 0 bridgehead atoms. The number of rotatable bonds is 2. The Hall–Kier alpha value is -0.134. The minimum Gasteiger partial charge on any atom is -0.522 e. The average molecular weight is 218 g/mol. The predicted octanol–water partition coefficient (Wildman–Crippen LogP) is -1.24. The van der Waals surface area contributed by atoms with Gasteiger partial charge in [-0.1, -0.05) is 6.58 Å². The van der Waals surface area contributed by atoms with E-state index in [0.29, 0.717) is 0 Å². The van der Waals surface area contributed by atoms with Gasteiger partial charge in [-0.25, -0.2) is 4.79 Å². The Morgan fingerprint density at radius 2 is 2.00 bits per heavy atom. The number of hydrogen-bond donors (Lipinski definition) is 1. The molecule has 0 fully saturated rings. The van der Waals surface area contributed by atoms with Gasteiger partial charge in [0.05, 0.1) is 7.11 Å². The first kappa shape index (κ1) is 16.3. The molecule has 14 heavy (non-hydrogen) atoms. The molecule has 0 saturated heterocycles. The van der Waals surface area contributed by atoms with E-state index in [0.717, 1.165) is 11.8 Å². The van der Waals surface area contributed by atoms with Crippen LogP contribution in [0, 0.1) is 6.07 Å². The summed E-state index contributed by atoms with van der Waals surface area (Å²) < 4.78 is 4.89. The van der Waals surface area contributed by atoms with Crippen molar-refractivity contribution in [3.05, 3.63) is 43.0 Å². The summed E-state index contributed by atoms with van der Waals surface area (Å²) in [5.74, 6) is -0.103. The maximum Gasteiger partial charge on any atom is 1.00 e. The predicted molar refractivity (Wildman–Crippen MR) is 49.7 cm³/mol. The first-order valence-electron chi connectivity index (χ1n) is 3.56. The number of methoxy groups -OCH3 is 1. The SMILES string of the molecule is C=CC(=O)O.COc1cc[c-]cc1.[K+]. The number of aliphatic carboxylic acids is 1. The van der Waals surface area contributed by atoms with Crippen molar-refractivity contribution in [2.24, 2.45) is 0 Å². The minimum atomic E-state index is -0.981. The number of hydrogen-bond acceptors (Lipinski definition) is 2. The number of carbonyl (C=O) groups is 1. The van der Waals surface area contributed by atoms with Crippen molar-refractivity contribution in [3.8, 4) is 5.75 Å². The third-order valence-corrected chi connectivity index (χ3v) is 1.10. The van der Waals surface area contributed by atoms with Crippen molar-refractivity contribution in [1.29, 1.82) is 0 Å². The summed E-state index contributed by atoms with van der Waals surface area (Å²) in [4.78, 5) is 9.25. The molecule has 0 radical (unpaired) electrons. The number of benzene rings is 1. The Labute approximate surface area is 126 Å². The third-order valence-electron chi connectivity index (χ3n) is 1.10. The van der Waals surface area contributed by atoms with Crippen molar-refractivity contribution in [2.75, 3.05) is 7.11 Å². The largest absolute Gasteiger partial charge is 1.00 e. The smallest absolute Gasteiger partial charge is 0.522 e. The van der Waals surface area contributed by atoms with Gasteiger partial charge in [0.1, 0.15) is 0 Å². The summed E-state index contributed by atoms with van der Waals surface area (Å²) in [6, 6.07) is 10.2. The fraction of sp³-hybridized carbons (Fsp3) is 0.100. The molecule has 0 aliphatic rings. The van der Waals surface area contributed by atoms with Gasteiger partial charge in [0.2, 0.25) is 0 Å². The molecule has 0 spiro atoms. The molecule has 1 aromatic rings. The van der Waals surface area contributed by atoms with Gasteiger partial charge in [-0.05, 0) is 0 Å². The van der Waals surface area contributed by atoms with Crippen LogP contribution in [0.3, 0.4) is 0 Å². The Balaban J connectivity index is 0. The maximum absolute atomic E-state index is 9.25. The Kier molecular flexibility index (Phi) is 12.7. The van der Waals surface area contributed by atoms with Crippen LogP contribution in [0.25, 0.3) is 0 Å². The quantitative estimate of drug-likeness (QED) is 0.383. The van der Waals surface area contributed by atoms with Crippen LogP contribution in [-0.2, 0) is 4.79 Å². The minimum absolute atomic E-state index is 0. The molecule has 0 amide bonds. The van der Waals surface area contributed by atoms with E-state index in [9.17, 15) is 4.79 Å². The van der Waals surface area contributed by atoms with E-state index in [1.165, 1.54) is 0 Å². The standard InChI is InChI=1S/C7H7O.C3H4O2.K/c1-8-7-5-3-2-4-6-7;1-2-3(4)5;/h3-6H,1H3;2H,1H2,(H,4,5);/q-1;;+1. The van der Waals surface area contributed by atoms with Gasteiger partial charge in [-0.15, -0.1) is 12.1 Å². The van der Waals surface area contributed by atoms with E-state index in [2.05, 4.69) is 12.6 Å². The molecule has 70 valence electrons. The van der Waals surface area contributed by atoms with Gasteiger partial charge in [0, 0.05) is 11.8 Å². The summed E-state index contributed by atoms with van der Waals surface area (Å²) in [6.45, 7) is 2.96. The van der Waals surface area contributed by atoms with Crippen LogP contribution in [0.2, 0.25) is 0 Å². The summed E-state index contributed by atoms with van der Waals surface area (Å²) in [6.07, 6.45) is 0.833. The molecule has 0 aliphatic heterocycles. The normalized spacial score (nSPS) is 7.21.